The van der Waals surface area contributed by atoms with Crippen molar-refractivity contribution in [1.82, 2.24) is 25.8 Å². The Bertz CT molecular complexity index is 1520. The molecule has 10 heteroatoms. The number of aryl methyl sites for hydroxylation is 1. The van der Waals surface area contributed by atoms with Gasteiger partial charge in [0, 0.05) is 37.3 Å². The molecule has 0 spiro atoms. The Morgan fingerprint density at radius 1 is 0.938 bits per heavy atom. The van der Waals surface area contributed by atoms with Gasteiger partial charge in [0.1, 0.15) is 22.7 Å². The number of carbonyl (C=O) groups is 2. The fourth-order valence-corrected chi connectivity index (χ4v) is 6.63. The van der Waals surface area contributed by atoms with Crippen molar-refractivity contribution in [1.29, 1.82) is 0 Å². The molecule has 2 aromatic carbocycles. The fraction of sp³-hybridized carbons (Fsp3) is 0.500. The summed E-state index contributed by atoms with van der Waals surface area (Å²) in [4.78, 5) is 32.1. The highest BCUT2D eigenvalue weighted by Gasteiger charge is 2.27. The van der Waals surface area contributed by atoms with Crippen LogP contribution >= 0.6 is 0 Å². The number of piperazine rings is 1. The third-order valence-electron chi connectivity index (χ3n) is 8.75. The van der Waals surface area contributed by atoms with Gasteiger partial charge in [0.25, 0.3) is 5.91 Å². The molecule has 5 rings (SSSR count). The fourth-order valence-electron chi connectivity index (χ4n) is 6.63. The SMILES string of the molecule is C[C@@H]1CN(CCCc2ccc(-c3cccc(Oc4ncc(F)cc4C(=O)NC4CCC(NC(=O)OC(C)(C)C)CC4)c3)cc2)C[C@H](C)N1. The molecule has 3 aromatic rings. The number of amides is 2. The van der Waals surface area contributed by atoms with Crippen LogP contribution in [0.4, 0.5) is 9.18 Å². The van der Waals surface area contributed by atoms with Crippen LogP contribution in [0.15, 0.2) is 60.8 Å². The summed E-state index contributed by atoms with van der Waals surface area (Å²) in [5.74, 6) is -0.537. The summed E-state index contributed by atoms with van der Waals surface area (Å²) < 4.78 is 25.7. The van der Waals surface area contributed by atoms with Crippen LogP contribution in [0.3, 0.4) is 0 Å². The van der Waals surface area contributed by atoms with Crippen LogP contribution in [0, 0.1) is 5.82 Å². The van der Waals surface area contributed by atoms with Crippen molar-refractivity contribution < 1.29 is 23.5 Å². The average molecular weight is 660 g/mol. The minimum absolute atomic E-state index is 0.0263. The van der Waals surface area contributed by atoms with Crippen LogP contribution in [-0.4, -0.2) is 71.3 Å². The maximum absolute atomic E-state index is 14.3. The molecule has 48 heavy (non-hydrogen) atoms. The third kappa shape index (κ3) is 10.5. The van der Waals surface area contributed by atoms with Gasteiger partial charge < -0.3 is 30.3 Å². The summed E-state index contributed by atoms with van der Waals surface area (Å²) in [6.07, 6.45) is 5.48. The van der Waals surface area contributed by atoms with Crippen molar-refractivity contribution in [2.75, 3.05) is 19.6 Å². The lowest BCUT2D eigenvalue weighted by molar-refractivity contribution is 0.0487. The van der Waals surface area contributed by atoms with Crippen molar-refractivity contribution in [2.24, 2.45) is 0 Å². The van der Waals surface area contributed by atoms with E-state index in [1.807, 2.05) is 39.0 Å². The number of hydrogen-bond donors (Lipinski definition) is 3. The van der Waals surface area contributed by atoms with E-state index in [0.717, 1.165) is 55.9 Å². The third-order valence-corrected chi connectivity index (χ3v) is 8.75. The molecule has 1 aromatic heterocycles. The maximum atomic E-state index is 14.3. The summed E-state index contributed by atoms with van der Waals surface area (Å²) in [6, 6.07) is 18.3. The Balaban J connectivity index is 1.15. The molecule has 1 saturated heterocycles. The quantitative estimate of drug-likeness (QED) is 0.219. The van der Waals surface area contributed by atoms with E-state index in [1.54, 1.807) is 6.07 Å². The number of aromatic nitrogens is 1. The molecule has 1 aliphatic carbocycles. The number of nitrogens with one attached hydrogen (secondary N) is 3. The zero-order chi connectivity index (χ0) is 34.3. The highest BCUT2D eigenvalue weighted by molar-refractivity contribution is 5.96. The van der Waals surface area contributed by atoms with Crippen LogP contribution < -0.4 is 20.7 Å². The highest BCUT2D eigenvalue weighted by Crippen LogP contribution is 2.29. The summed E-state index contributed by atoms with van der Waals surface area (Å²) in [5.41, 5.74) is 2.79. The lowest BCUT2D eigenvalue weighted by atomic mass is 9.91. The number of benzene rings is 2. The molecule has 2 amide bonds. The molecule has 0 unspecified atom stereocenters. The van der Waals surface area contributed by atoms with Gasteiger partial charge in [-0.3, -0.25) is 4.79 Å². The summed E-state index contributed by atoms with van der Waals surface area (Å²) in [7, 11) is 0. The van der Waals surface area contributed by atoms with Gasteiger partial charge in [-0.05, 0) is 115 Å². The van der Waals surface area contributed by atoms with E-state index in [-0.39, 0.29) is 23.5 Å². The molecular weight excluding hydrogens is 609 g/mol. The lowest BCUT2D eigenvalue weighted by Crippen LogP contribution is -2.54. The molecule has 9 nitrogen and oxygen atoms in total. The van der Waals surface area contributed by atoms with Crippen LogP contribution in [0.2, 0.25) is 0 Å². The van der Waals surface area contributed by atoms with E-state index in [0.29, 0.717) is 43.5 Å². The van der Waals surface area contributed by atoms with Crippen molar-refractivity contribution in [3.05, 3.63) is 77.7 Å². The molecular formula is C38H50FN5O4. The number of alkyl carbamates (subject to hydrolysis) is 1. The van der Waals surface area contributed by atoms with Crippen molar-refractivity contribution in [3.8, 4) is 22.8 Å². The number of carbonyl (C=O) groups excluding carboxylic acids is 2. The number of ether oxygens (including phenoxy) is 2. The van der Waals surface area contributed by atoms with E-state index in [4.69, 9.17) is 9.47 Å². The van der Waals surface area contributed by atoms with Gasteiger partial charge in [-0.25, -0.2) is 14.2 Å². The number of rotatable bonds is 10. The molecule has 3 N–H and O–H groups in total. The summed E-state index contributed by atoms with van der Waals surface area (Å²) >= 11 is 0. The molecule has 2 fully saturated rings. The van der Waals surface area contributed by atoms with E-state index in [1.165, 1.54) is 5.56 Å². The number of halogens is 1. The summed E-state index contributed by atoms with van der Waals surface area (Å²) in [6.45, 7) is 13.3. The van der Waals surface area contributed by atoms with E-state index < -0.39 is 23.4 Å². The predicted molar refractivity (Wildman–Crippen MR) is 186 cm³/mol. The van der Waals surface area contributed by atoms with Gasteiger partial charge in [-0.2, -0.15) is 0 Å². The minimum Gasteiger partial charge on any atom is -0.444 e. The second kappa shape index (κ2) is 15.9. The second-order valence-corrected chi connectivity index (χ2v) is 14.3. The molecule has 1 saturated carbocycles. The Kier molecular flexibility index (Phi) is 11.7. The first-order chi connectivity index (χ1) is 22.9. The molecule has 2 atom stereocenters. The number of hydrogen-bond acceptors (Lipinski definition) is 7. The number of pyridine rings is 1. The van der Waals surface area contributed by atoms with E-state index >= 15 is 0 Å². The number of nitrogens with zero attached hydrogens (tertiary/aromatic N) is 2. The normalized spacial score (nSPS) is 21.7. The Labute approximate surface area is 284 Å². The van der Waals surface area contributed by atoms with Gasteiger partial charge in [0.15, 0.2) is 0 Å². The maximum Gasteiger partial charge on any atom is 0.407 e. The Morgan fingerprint density at radius 2 is 1.60 bits per heavy atom. The molecule has 0 bridgehead atoms. The Morgan fingerprint density at radius 3 is 2.27 bits per heavy atom. The Hall–Kier alpha value is -4.02. The van der Waals surface area contributed by atoms with Crippen LogP contribution in [0.25, 0.3) is 11.1 Å². The van der Waals surface area contributed by atoms with Gasteiger partial charge in [0.2, 0.25) is 5.88 Å². The van der Waals surface area contributed by atoms with Gasteiger partial charge >= 0.3 is 6.09 Å². The van der Waals surface area contributed by atoms with Crippen molar-refractivity contribution in [2.45, 2.75) is 103 Å². The monoisotopic (exact) mass is 659 g/mol. The molecule has 0 radical (unpaired) electrons. The van der Waals surface area contributed by atoms with Gasteiger partial charge in [0.05, 0.1) is 6.20 Å². The predicted octanol–water partition coefficient (Wildman–Crippen LogP) is 6.86. The van der Waals surface area contributed by atoms with Gasteiger partial charge in [-0.1, -0.05) is 36.4 Å². The smallest absolute Gasteiger partial charge is 0.407 e. The van der Waals surface area contributed by atoms with Crippen LogP contribution in [0.1, 0.15) is 82.6 Å². The molecule has 2 heterocycles. The van der Waals surface area contributed by atoms with E-state index in [9.17, 15) is 14.0 Å². The van der Waals surface area contributed by atoms with Gasteiger partial charge in [-0.15, -0.1) is 0 Å². The minimum atomic E-state index is -0.622. The van der Waals surface area contributed by atoms with Crippen LogP contribution in [0.5, 0.6) is 11.6 Å². The van der Waals surface area contributed by atoms with E-state index in [2.05, 4.69) is 63.9 Å². The van der Waals surface area contributed by atoms with Crippen LogP contribution in [-0.2, 0) is 11.2 Å². The van der Waals surface area contributed by atoms with Crippen molar-refractivity contribution >= 4 is 12.0 Å². The average Bonchev–Trinajstić information content (AvgIpc) is 3.02. The topological polar surface area (TPSA) is 105 Å². The zero-order valence-electron chi connectivity index (χ0n) is 28.9. The first kappa shape index (κ1) is 35.3. The standard InChI is InChI=1S/C38H50FN5O4/c1-25-23-44(24-26(2)41-25)19-7-8-27-11-13-28(14-12-27)29-9-6-10-33(20-29)47-36-34(21-30(39)22-40-36)35(45)42-31-15-17-32(18-16-31)43-37(46)48-38(3,4)5/h6,9-14,20-22,25-26,31-32,41H,7-8,15-19,23-24H2,1-5H3,(H,42,45)(H,43,46)/t25-,26+,31?,32?. The molecule has 258 valence electrons. The zero-order valence-corrected chi connectivity index (χ0v) is 28.9. The molecule has 2 aliphatic rings. The van der Waals surface area contributed by atoms with Crippen molar-refractivity contribution in [3.63, 3.8) is 0 Å². The largest absolute Gasteiger partial charge is 0.444 e. The first-order valence-electron chi connectivity index (χ1n) is 17.2. The second-order valence-electron chi connectivity index (χ2n) is 14.3. The summed E-state index contributed by atoms with van der Waals surface area (Å²) in [5, 5.41) is 9.51. The highest BCUT2D eigenvalue weighted by atomic mass is 19.1. The first-order valence-corrected chi connectivity index (χ1v) is 17.2. The molecule has 1 aliphatic heterocycles. The lowest BCUT2D eigenvalue weighted by Gasteiger charge is -2.36.